The van der Waals surface area contributed by atoms with Gasteiger partial charge in [-0.25, -0.2) is 0 Å². The van der Waals surface area contributed by atoms with Gasteiger partial charge in [-0.3, -0.25) is 9.59 Å². The highest BCUT2D eigenvalue weighted by atomic mass is 16.3. The number of ketones is 2. The largest absolute Gasteiger partial charge is 0.393 e. The molecular formula is C20H30O3. The first-order valence-electron chi connectivity index (χ1n) is 9.51. The van der Waals surface area contributed by atoms with Crippen LogP contribution in [0.5, 0.6) is 0 Å². The van der Waals surface area contributed by atoms with Crippen LogP contribution in [0.15, 0.2) is 0 Å². The third kappa shape index (κ3) is 1.98. The Bertz CT molecular complexity index is 555. The van der Waals surface area contributed by atoms with Gasteiger partial charge in [-0.1, -0.05) is 20.8 Å². The normalized spacial score (nSPS) is 56.0. The molecule has 4 aliphatic carbocycles. The molecule has 0 radical (unpaired) electrons. The van der Waals surface area contributed by atoms with Gasteiger partial charge >= 0.3 is 0 Å². The Hall–Kier alpha value is -0.700. The van der Waals surface area contributed by atoms with Crippen LogP contribution >= 0.6 is 0 Å². The highest BCUT2D eigenvalue weighted by molar-refractivity contribution is 5.87. The fourth-order valence-electron chi connectivity index (χ4n) is 7.31. The van der Waals surface area contributed by atoms with Crippen molar-refractivity contribution in [1.29, 1.82) is 0 Å². The molecule has 0 saturated heterocycles. The summed E-state index contributed by atoms with van der Waals surface area (Å²) in [5.74, 6) is 2.55. The molecule has 0 spiro atoms. The number of carbonyl (C=O) groups is 2. The van der Waals surface area contributed by atoms with Crippen LogP contribution in [0.4, 0.5) is 0 Å². The molecule has 3 nitrogen and oxygen atoms in total. The summed E-state index contributed by atoms with van der Waals surface area (Å²) in [6.07, 6.45) is 5.80. The fourth-order valence-corrected chi connectivity index (χ4v) is 7.31. The number of fused-ring (bicyclic) bond motifs is 5. The highest BCUT2D eigenvalue weighted by Gasteiger charge is 2.63. The zero-order valence-electron chi connectivity index (χ0n) is 14.7. The first kappa shape index (κ1) is 15.8. The summed E-state index contributed by atoms with van der Waals surface area (Å²) in [7, 11) is 0. The van der Waals surface area contributed by atoms with E-state index in [4.69, 9.17) is 0 Å². The second-order valence-corrected chi connectivity index (χ2v) is 9.50. The zero-order chi connectivity index (χ0) is 16.6. The molecule has 128 valence electrons. The van der Waals surface area contributed by atoms with Crippen molar-refractivity contribution in [2.24, 2.45) is 40.4 Å². The molecule has 4 aliphatic rings. The predicted octanol–water partition coefficient (Wildman–Crippen LogP) is 3.38. The van der Waals surface area contributed by atoms with Crippen molar-refractivity contribution in [2.75, 3.05) is 0 Å². The SMILES string of the molecule is C[C@@H]1C[C@@]2(C)[C@@H](CC[C@@H]3[C@@H]2[C@@H](O)C[C@]2(C)C(=O)CC[C@@H]32)CC1=O. The number of hydrogen-bond donors (Lipinski definition) is 1. The molecule has 0 aromatic heterocycles. The summed E-state index contributed by atoms with van der Waals surface area (Å²) >= 11 is 0. The van der Waals surface area contributed by atoms with E-state index in [0.717, 1.165) is 25.7 Å². The number of aliphatic hydroxyl groups is 1. The molecule has 0 heterocycles. The minimum absolute atomic E-state index is 0.0721. The Balaban J connectivity index is 1.71. The van der Waals surface area contributed by atoms with E-state index >= 15 is 0 Å². The monoisotopic (exact) mass is 318 g/mol. The lowest BCUT2D eigenvalue weighted by Gasteiger charge is -2.61. The number of aliphatic hydroxyl groups excluding tert-OH is 1. The van der Waals surface area contributed by atoms with Gasteiger partial charge in [-0.2, -0.15) is 0 Å². The second-order valence-electron chi connectivity index (χ2n) is 9.50. The van der Waals surface area contributed by atoms with Gasteiger partial charge in [-0.05, 0) is 61.2 Å². The molecule has 23 heavy (non-hydrogen) atoms. The molecule has 0 aliphatic heterocycles. The standard InChI is InChI=1S/C20H30O3/c1-11-9-19(2)12(8-15(11)21)4-5-13-14-6-7-17(23)20(14,3)10-16(22)18(13)19/h11-14,16,18,22H,4-10H2,1-3H3/t11-,12+,13+,14+,16+,18-,19+,20+/m1/s1. The van der Waals surface area contributed by atoms with Crippen LogP contribution in [0.3, 0.4) is 0 Å². The summed E-state index contributed by atoms with van der Waals surface area (Å²) in [6, 6.07) is 0. The van der Waals surface area contributed by atoms with Crippen LogP contribution in [0.2, 0.25) is 0 Å². The number of Topliss-reactive ketones (excluding diaryl/α,β-unsaturated/α-hetero) is 2. The molecule has 4 rings (SSSR count). The molecule has 4 fully saturated rings. The molecule has 0 unspecified atom stereocenters. The molecule has 0 aromatic rings. The maximum Gasteiger partial charge on any atom is 0.139 e. The van der Waals surface area contributed by atoms with E-state index < -0.39 is 0 Å². The minimum Gasteiger partial charge on any atom is -0.393 e. The van der Waals surface area contributed by atoms with Crippen LogP contribution in [0, 0.1) is 40.4 Å². The molecule has 0 amide bonds. The van der Waals surface area contributed by atoms with Crippen molar-refractivity contribution in [3.63, 3.8) is 0 Å². The Kier molecular flexibility index (Phi) is 3.37. The van der Waals surface area contributed by atoms with Crippen molar-refractivity contribution in [3.8, 4) is 0 Å². The Labute approximate surface area is 139 Å². The molecule has 1 N–H and O–H groups in total. The van der Waals surface area contributed by atoms with Crippen LogP contribution in [0.25, 0.3) is 0 Å². The third-order valence-corrected chi connectivity index (χ3v) is 8.45. The first-order valence-corrected chi connectivity index (χ1v) is 9.51. The summed E-state index contributed by atoms with van der Waals surface area (Å²) in [4.78, 5) is 24.7. The van der Waals surface area contributed by atoms with Crippen molar-refractivity contribution in [2.45, 2.75) is 71.8 Å². The van der Waals surface area contributed by atoms with Gasteiger partial charge in [0.05, 0.1) is 6.10 Å². The van der Waals surface area contributed by atoms with Crippen molar-refractivity contribution >= 4 is 11.6 Å². The van der Waals surface area contributed by atoms with E-state index in [1.54, 1.807) is 0 Å². The third-order valence-electron chi connectivity index (χ3n) is 8.45. The highest BCUT2D eigenvalue weighted by Crippen LogP contribution is 2.65. The van der Waals surface area contributed by atoms with Crippen molar-refractivity contribution in [1.82, 2.24) is 0 Å². The smallest absolute Gasteiger partial charge is 0.139 e. The van der Waals surface area contributed by atoms with Gasteiger partial charge in [0.15, 0.2) is 0 Å². The molecule has 8 atom stereocenters. The maximum absolute atomic E-state index is 12.5. The first-order chi connectivity index (χ1) is 10.8. The van der Waals surface area contributed by atoms with Crippen LogP contribution in [0.1, 0.15) is 65.7 Å². The van der Waals surface area contributed by atoms with E-state index in [1.165, 1.54) is 0 Å². The van der Waals surface area contributed by atoms with Crippen LogP contribution in [-0.2, 0) is 9.59 Å². The summed E-state index contributed by atoms with van der Waals surface area (Å²) in [5, 5.41) is 11.1. The van der Waals surface area contributed by atoms with Gasteiger partial charge in [0.2, 0.25) is 0 Å². The minimum atomic E-state index is -0.378. The Morgan fingerprint density at radius 1 is 1.09 bits per heavy atom. The number of rotatable bonds is 0. The molecular weight excluding hydrogens is 288 g/mol. The lowest BCUT2D eigenvalue weighted by atomic mass is 9.43. The summed E-state index contributed by atoms with van der Waals surface area (Å²) in [5.41, 5.74) is -0.220. The van der Waals surface area contributed by atoms with Crippen molar-refractivity contribution in [3.05, 3.63) is 0 Å². The number of carbonyl (C=O) groups excluding carboxylic acids is 2. The van der Waals surface area contributed by atoms with Gasteiger partial charge < -0.3 is 5.11 Å². The van der Waals surface area contributed by atoms with E-state index in [2.05, 4.69) is 20.8 Å². The van der Waals surface area contributed by atoms with Crippen LogP contribution in [-0.4, -0.2) is 22.8 Å². The fraction of sp³-hybridized carbons (Fsp3) is 0.900. The molecule has 4 saturated carbocycles. The maximum atomic E-state index is 12.5. The average Bonchev–Trinajstić information content (AvgIpc) is 2.76. The second kappa shape index (κ2) is 4.91. The van der Waals surface area contributed by atoms with E-state index in [1.807, 2.05) is 0 Å². The van der Waals surface area contributed by atoms with Crippen molar-refractivity contribution < 1.29 is 14.7 Å². The summed E-state index contributed by atoms with van der Waals surface area (Å²) in [6.45, 7) is 6.50. The molecule has 0 bridgehead atoms. The lowest BCUT2D eigenvalue weighted by molar-refractivity contribution is -0.175. The Morgan fingerprint density at radius 3 is 2.57 bits per heavy atom. The van der Waals surface area contributed by atoms with Gasteiger partial charge in [0.25, 0.3) is 0 Å². The van der Waals surface area contributed by atoms with E-state index in [-0.39, 0.29) is 28.8 Å². The molecule has 0 aromatic carbocycles. The Morgan fingerprint density at radius 2 is 1.83 bits per heavy atom. The average molecular weight is 318 g/mol. The lowest BCUT2D eigenvalue weighted by Crippen LogP contribution is -2.59. The summed E-state index contributed by atoms with van der Waals surface area (Å²) < 4.78 is 0. The number of hydrogen-bond acceptors (Lipinski definition) is 3. The predicted molar refractivity (Wildman–Crippen MR) is 87.7 cm³/mol. The van der Waals surface area contributed by atoms with Gasteiger partial charge in [-0.15, -0.1) is 0 Å². The van der Waals surface area contributed by atoms with Crippen LogP contribution < -0.4 is 0 Å². The molecule has 3 heteroatoms. The zero-order valence-corrected chi connectivity index (χ0v) is 14.7. The quantitative estimate of drug-likeness (QED) is 0.745. The van der Waals surface area contributed by atoms with E-state index in [9.17, 15) is 14.7 Å². The van der Waals surface area contributed by atoms with Gasteiger partial charge in [0.1, 0.15) is 11.6 Å². The van der Waals surface area contributed by atoms with E-state index in [0.29, 0.717) is 48.6 Å². The van der Waals surface area contributed by atoms with Gasteiger partial charge in [0, 0.05) is 24.2 Å². The topological polar surface area (TPSA) is 54.4 Å².